The zero-order valence-corrected chi connectivity index (χ0v) is 13.1. The number of hydrogen-bond acceptors (Lipinski definition) is 3. The number of nitrogens with zero attached hydrogens (tertiary/aromatic N) is 1. The van der Waals surface area contributed by atoms with Crippen molar-refractivity contribution in [3.63, 3.8) is 0 Å². The smallest absolute Gasteiger partial charge is 0.308 e. The average Bonchev–Trinajstić information content (AvgIpc) is 3.27. The van der Waals surface area contributed by atoms with Gasteiger partial charge in [0.15, 0.2) is 0 Å². The standard InChI is InChI=1S/C16H27NO4/c1-11-5-3-4-6-14(11)21-10-15(18)17(13-7-8-13)9-12(2)16(19)20/h11-14H,3-10H2,1-2H3,(H,19,20). The van der Waals surface area contributed by atoms with Crippen molar-refractivity contribution >= 4 is 11.9 Å². The highest BCUT2D eigenvalue weighted by Gasteiger charge is 2.35. The molecule has 21 heavy (non-hydrogen) atoms. The van der Waals surface area contributed by atoms with Gasteiger partial charge < -0.3 is 14.7 Å². The molecule has 0 aliphatic heterocycles. The summed E-state index contributed by atoms with van der Waals surface area (Å²) in [6.45, 7) is 4.22. The van der Waals surface area contributed by atoms with E-state index in [1.54, 1.807) is 11.8 Å². The van der Waals surface area contributed by atoms with Crippen LogP contribution in [-0.2, 0) is 14.3 Å². The largest absolute Gasteiger partial charge is 0.481 e. The number of amides is 1. The zero-order chi connectivity index (χ0) is 15.4. The predicted octanol–water partition coefficient (Wildman–Crippen LogP) is 2.29. The molecule has 120 valence electrons. The van der Waals surface area contributed by atoms with Gasteiger partial charge in [-0.3, -0.25) is 9.59 Å². The highest BCUT2D eigenvalue weighted by atomic mass is 16.5. The Bertz CT molecular complexity index is 380. The summed E-state index contributed by atoms with van der Waals surface area (Å²) < 4.78 is 5.82. The number of carboxylic acids is 1. The minimum atomic E-state index is -0.852. The summed E-state index contributed by atoms with van der Waals surface area (Å²) in [6.07, 6.45) is 6.77. The monoisotopic (exact) mass is 297 g/mol. The molecule has 2 fully saturated rings. The molecule has 5 heteroatoms. The van der Waals surface area contributed by atoms with Gasteiger partial charge in [0.2, 0.25) is 5.91 Å². The Labute approximate surface area is 126 Å². The van der Waals surface area contributed by atoms with Gasteiger partial charge in [-0.05, 0) is 31.6 Å². The number of carbonyl (C=O) groups is 2. The van der Waals surface area contributed by atoms with Crippen LogP contribution in [-0.4, -0.2) is 47.2 Å². The first-order valence-corrected chi connectivity index (χ1v) is 8.13. The molecule has 1 N–H and O–H groups in total. The number of carbonyl (C=O) groups excluding carboxylic acids is 1. The van der Waals surface area contributed by atoms with Crippen LogP contribution in [0.3, 0.4) is 0 Å². The van der Waals surface area contributed by atoms with Crippen molar-refractivity contribution < 1.29 is 19.4 Å². The molecular formula is C16H27NO4. The lowest BCUT2D eigenvalue weighted by Crippen LogP contribution is -2.41. The Balaban J connectivity index is 1.82. The second-order valence-electron chi connectivity index (χ2n) is 6.63. The normalized spacial score (nSPS) is 27.1. The Morgan fingerprint density at radius 1 is 1.24 bits per heavy atom. The van der Waals surface area contributed by atoms with Crippen LogP contribution in [0.25, 0.3) is 0 Å². The van der Waals surface area contributed by atoms with E-state index in [4.69, 9.17) is 9.84 Å². The SMILES string of the molecule is CC(CN(C(=O)COC1CCCCC1C)C1CC1)C(=O)O. The third kappa shape index (κ3) is 4.70. The van der Waals surface area contributed by atoms with E-state index in [-0.39, 0.29) is 24.7 Å². The number of carboxylic acid groups (broad SMARTS) is 1. The van der Waals surface area contributed by atoms with Gasteiger partial charge >= 0.3 is 5.97 Å². The molecule has 3 unspecified atom stereocenters. The molecule has 2 aliphatic rings. The molecule has 0 bridgehead atoms. The van der Waals surface area contributed by atoms with Crippen molar-refractivity contribution in [1.82, 2.24) is 4.90 Å². The Kier molecular flexibility index (Phi) is 5.62. The van der Waals surface area contributed by atoms with Gasteiger partial charge in [-0.1, -0.05) is 26.7 Å². The van der Waals surface area contributed by atoms with Crippen LogP contribution in [0.15, 0.2) is 0 Å². The first kappa shape index (κ1) is 16.3. The summed E-state index contributed by atoms with van der Waals surface area (Å²) in [5.74, 6) is -0.916. The summed E-state index contributed by atoms with van der Waals surface area (Å²) in [7, 11) is 0. The van der Waals surface area contributed by atoms with E-state index in [1.165, 1.54) is 19.3 Å². The molecular weight excluding hydrogens is 270 g/mol. The molecule has 3 atom stereocenters. The predicted molar refractivity (Wildman–Crippen MR) is 78.9 cm³/mol. The lowest BCUT2D eigenvalue weighted by atomic mass is 9.88. The maximum atomic E-state index is 12.3. The molecule has 0 aromatic carbocycles. The van der Waals surface area contributed by atoms with E-state index >= 15 is 0 Å². The van der Waals surface area contributed by atoms with Gasteiger partial charge in [0.1, 0.15) is 6.61 Å². The quantitative estimate of drug-likeness (QED) is 0.783. The van der Waals surface area contributed by atoms with Crippen LogP contribution in [0.4, 0.5) is 0 Å². The van der Waals surface area contributed by atoms with Crippen LogP contribution < -0.4 is 0 Å². The van der Waals surface area contributed by atoms with Crippen molar-refractivity contribution in [2.24, 2.45) is 11.8 Å². The lowest BCUT2D eigenvalue weighted by Gasteiger charge is -2.30. The third-order valence-electron chi connectivity index (χ3n) is 4.65. The number of aliphatic carboxylic acids is 1. The molecule has 2 saturated carbocycles. The van der Waals surface area contributed by atoms with E-state index in [2.05, 4.69) is 6.92 Å². The van der Waals surface area contributed by atoms with Crippen molar-refractivity contribution in [3.8, 4) is 0 Å². The minimum Gasteiger partial charge on any atom is -0.481 e. The maximum absolute atomic E-state index is 12.3. The summed E-state index contributed by atoms with van der Waals surface area (Å²) in [4.78, 5) is 25.0. The second kappa shape index (κ2) is 7.25. The van der Waals surface area contributed by atoms with Crippen molar-refractivity contribution in [2.45, 2.75) is 64.5 Å². The zero-order valence-electron chi connectivity index (χ0n) is 13.1. The summed E-state index contributed by atoms with van der Waals surface area (Å²) in [5.41, 5.74) is 0. The number of hydrogen-bond donors (Lipinski definition) is 1. The first-order valence-electron chi connectivity index (χ1n) is 8.13. The van der Waals surface area contributed by atoms with Gasteiger partial charge in [-0.15, -0.1) is 0 Å². The van der Waals surface area contributed by atoms with Crippen molar-refractivity contribution in [2.75, 3.05) is 13.2 Å². The molecule has 5 nitrogen and oxygen atoms in total. The van der Waals surface area contributed by atoms with E-state index in [0.29, 0.717) is 12.5 Å². The summed E-state index contributed by atoms with van der Waals surface area (Å²) in [6, 6.07) is 0.228. The topological polar surface area (TPSA) is 66.8 Å². The minimum absolute atomic E-state index is 0.0524. The van der Waals surface area contributed by atoms with E-state index in [1.807, 2.05) is 0 Å². The molecule has 2 aliphatic carbocycles. The third-order valence-corrected chi connectivity index (χ3v) is 4.65. The molecule has 2 rings (SSSR count). The van der Waals surface area contributed by atoms with Crippen LogP contribution in [0, 0.1) is 11.8 Å². The lowest BCUT2D eigenvalue weighted by molar-refractivity contribution is -0.146. The van der Waals surface area contributed by atoms with E-state index < -0.39 is 11.9 Å². The maximum Gasteiger partial charge on any atom is 0.308 e. The van der Waals surface area contributed by atoms with Crippen LogP contribution in [0.2, 0.25) is 0 Å². The number of ether oxygens (including phenoxy) is 1. The molecule has 0 aromatic rings. The van der Waals surface area contributed by atoms with Crippen LogP contribution in [0.5, 0.6) is 0 Å². The van der Waals surface area contributed by atoms with Gasteiger partial charge in [0.05, 0.1) is 12.0 Å². The van der Waals surface area contributed by atoms with Gasteiger partial charge in [-0.2, -0.15) is 0 Å². The van der Waals surface area contributed by atoms with Crippen LogP contribution in [0.1, 0.15) is 52.4 Å². The molecule has 0 saturated heterocycles. The van der Waals surface area contributed by atoms with Crippen molar-refractivity contribution in [3.05, 3.63) is 0 Å². The fourth-order valence-corrected chi connectivity index (χ4v) is 3.00. The van der Waals surface area contributed by atoms with Gasteiger partial charge in [-0.25, -0.2) is 0 Å². The Morgan fingerprint density at radius 2 is 1.90 bits per heavy atom. The highest BCUT2D eigenvalue weighted by molar-refractivity contribution is 5.79. The number of rotatable bonds is 7. The molecule has 0 aromatic heterocycles. The first-order chi connectivity index (χ1) is 9.99. The summed E-state index contributed by atoms with van der Waals surface area (Å²) >= 11 is 0. The van der Waals surface area contributed by atoms with Crippen LogP contribution >= 0.6 is 0 Å². The molecule has 0 heterocycles. The summed E-state index contributed by atoms with van der Waals surface area (Å²) in [5, 5.41) is 9.01. The highest BCUT2D eigenvalue weighted by Crippen LogP contribution is 2.29. The molecule has 1 amide bonds. The molecule has 0 radical (unpaired) electrons. The second-order valence-corrected chi connectivity index (χ2v) is 6.63. The molecule has 0 spiro atoms. The fourth-order valence-electron chi connectivity index (χ4n) is 3.00. The van der Waals surface area contributed by atoms with E-state index in [9.17, 15) is 9.59 Å². The van der Waals surface area contributed by atoms with E-state index in [0.717, 1.165) is 19.3 Å². The fraction of sp³-hybridized carbons (Fsp3) is 0.875. The van der Waals surface area contributed by atoms with Crippen molar-refractivity contribution in [1.29, 1.82) is 0 Å². The Morgan fingerprint density at radius 3 is 2.48 bits per heavy atom. The average molecular weight is 297 g/mol. The van der Waals surface area contributed by atoms with Gasteiger partial charge in [0, 0.05) is 12.6 Å². The Hall–Kier alpha value is -1.10. The van der Waals surface area contributed by atoms with Gasteiger partial charge in [0.25, 0.3) is 0 Å².